The molecular formula is C11H12ClF3O2. The molecule has 0 saturated carbocycles. The van der Waals surface area contributed by atoms with Crippen LogP contribution in [-0.4, -0.2) is 20.3 Å². The molecule has 1 rings (SSSR count). The molecule has 17 heavy (non-hydrogen) atoms. The van der Waals surface area contributed by atoms with Gasteiger partial charge >= 0.3 is 6.18 Å². The summed E-state index contributed by atoms with van der Waals surface area (Å²) in [6.45, 7) is 0.506. The third-order valence-electron chi connectivity index (χ3n) is 2.00. The molecule has 0 spiro atoms. The van der Waals surface area contributed by atoms with Crippen molar-refractivity contribution in [2.45, 2.75) is 12.1 Å². The van der Waals surface area contributed by atoms with E-state index in [0.717, 1.165) is 12.1 Å². The van der Waals surface area contributed by atoms with E-state index in [1.54, 1.807) is 0 Å². The van der Waals surface area contributed by atoms with Gasteiger partial charge in [-0.2, -0.15) is 13.2 Å². The van der Waals surface area contributed by atoms with E-state index in [0.29, 0.717) is 12.2 Å². The molecule has 2 nitrogen and oxygen atoms in total. The Bertz CT molecular complexity index is 366. The zero-order chi connectivity index (χ0) is 12.9. The summed E-state index contributed by atoms with van der Waals surface area (Å²) in [7, 11) is 1.49. The van der Waals surface area contributed by atoms with Crippen LogP contribution in [0.15, 0.2) is 18.2 Å². The first-order valence-corrected chi connectivity index (χ1v) is 5.39. The highest BCUT2D eigenvalue weighted by molar-refractivity contribution is 6.17. The molecule has 96 valence electrons. The lowest BCUT2D eigenvalue weighted by atomic mass is 10.1. The Hall–Kier alpha value is -0.940. The zero-order valence-corrected chi connectivity index (χ0v) is 9.94. The van der Waals surface area contributed by atoms with Crippen molar-refractivity contribution < 1.29 is 22.6 Å². The maximum atomic E-state index is 12.5. The summed E-state index contributed by atoms with van der Waals surface area (Å²) < 4.78 is 47.5. The van der Waals surface area contributed by atoms with Gasteiger partial charge in [0.1, 0.15) is 12.4 Å². The Morgan fingerprint density at radius 3 is 2.41 bits per heavy atom. The molecule has 0 aliphatic heterocycles. The number of hydrogen-bond acceptors (Lipinski definition) is 2. The highest BCUT2D eigenvalue weighted by atomic mass is 35.5. The van der Waals surface area contributed by atoms with Gasteiger partial charge in [-0.1, -0.05) is 0 Å². The second-order valence-corrected chi connectivity index (χ2v) is 3.61. The molecule has 1 aromatic rings. The average Bonchev–Trinajstić information content (AvgIpc) is 2.28. The van der Waals surface area contributed by atoms with Crippen molar-refractivity contribution in [3.05, 3.63) is 29.3 Å². The molecule has 0 N–H and O–H groups in total. The second kappa shape index (κ2) is 6.12. The fraction of sp³-hybridized carbons (Fsp3) is 0.455. The highest BCUT2D eigenvalue weighted by Crippen LogP contribution is 2.33. The number of alkyl halides is 4. The van der Waals surface area contributed by atoms with E-state index in [9.17, 15) is 13.2 Å². The predicted octanol–water partition coefficient (Wildman–Crippen LogP) is 3.47. The minimum atomic E-state index is -4.40. The standard InChI is InChI=1S/C11H12ClF3O2/c1-16-2-3-17-10-5-8(7-12)4-9(6-10)11(13,14)15/h4-6H,2-3,7H2,1H3. The quantitative estimate of drug-likeness (QED) is 0.601. The van der Waals surface area contributed by atoms with E-state index in [4.69, 9.17) is 21.1 Å². The van der Waals surface area contributed by atoms with Crippen LogP contribution in [0, 0.1) is 0 Å². The number of halogens is 4. The number of hydrogen-bond donors (Lipinski definition) is 0. The normalized spacial score (nSPS) is 11.6. The van der Waals surface area contributed by atoms with Crippen LogP contribution in [0.2, 0.25) is 0 Å². The molecule has 0 aromatic heterocycles. The lowest BCUT2D eigenvalue weighted by Crippen LogP contribution is -2.08. The van der Waals surface area contributed by atoms with Gasteiger partial charge in [0.25, 0.3) is 0 Å². The van der Waals surface area contributed by atoms with Gasteiger partial charge in [0.2, 0.25) is 0 Å². The fourth-order valence-electron chi connectivity index (χ4n) is 1.23. The van der Waals surface area contributed by atoms with Crippen LogP contribution < -0.4 is 4.74 Å². The molecule has 0 saturated heterocycles. The lowest BCUT2D eigenvalue weighted by molar-refractivity contribution is -0.137. The topological polar surface area (TPSA) is 18.5 Å². The van der Waals surface area contributed by atoms with Crippen LogP contribution >= 0.6 is 11.6 Å². The summed E-state index contributed by atoms with van der Waals surface area (Å²) in [6.07, 6.45) is -4.40. The number of ether oxygens (including phenoxy) is 2. The molecule has 0 unspecified atom stereocenters. The zero-order valence-electron chi connectivity index (χ0n) is 9.18. The van der Waals surface area contributed by atoms with Crippen molar-refractivity contribution in [2.75, 3.05) is 20.3 Å². The van der Waals surface area contributed by atoms with Crippen molar-refractivity contribution in [1.29, 1.82) is 0 Å². The van der Waals surface area contributed by atoms with E-state index in [1.165, 1.54) is 13.2 Å². The van der Waals surface area contributed by atoms with E-state index >= 15 is 0 Å². The minimum Gasteiger partial charge on any atom is -0.491 e. The molecule has 0 fully saturated rings. The SMILES string of the molecule is COCCOc1cc(CCl)cc(C(F)(F)F)c1. The molecule has 0 bridgehead atoms. The number of rotatable bonds is 5. The molecule has 1 aromatic carbocycles. The molecular weight excluding hydrogens is 257 g/mol. The average molecular weight is 269 g/mol. The molecule has 6 heteroatoms. The smallest absolute Gasteiger partial charge is 0.416 e. The molecule has 0 radical (unpaired) electrons. The van der Waals surface area contributed by atoms with Crippen molar-refractivity contribution in [3.63, 3.8) is 0 Å². The Morgan fingerprint density at radius 2 is 1.88 bits per heavy atom. The first-order chi connectivity index (χ1) is 7.97. The Morgan fingerprint density at radius 1 is 1.18 bits per heavy atom. The maximum absolute atomic E-state index is 12.5. The van der Waals surface area contributed by atoms with Gasteiger partial charge < -0.3 is 9.47 Å². The number of methoxy groups -OCH3 is 1. The van der Waals surface area contributed by atoms with Gasteiger partial charge in [-0.05, 0) is 23.8 Å². The summed E-state index contributed by atoms with van der Waals surface area (Å²) in [6, 6.07) is 3.44. The summed E-state index contributed by atoms with van der Waals surface area (Å²) in [5, 5.41) is 0. The maximum Gasteiger partial charge on any atom is 0.416 e. The van der Waals surface area contributed by atoms with Gasteiger partial charge in [-0.15, -0.1) is 11.6 Å². The molecule has 0 aliphatic carbocycles. The van der Waals surface area contributed by atoms with Gasteiger partial charge in [-0.3, -0.25) is 0 Å². The molecule has 0 heterocycles. The van der Waals surface area contributed by atoms with E-state index in [-0.39, 0.29) is 18.2 Å². The van der Waals surface area contributed by atoms with Crippen LogP contribution in [-0.2, 0) is 16.8 Å². The summed E-state index contributed by atoms with van der Waals surface area (Å²) in [4.78, 5) is 0. The van der Waals surface area contributed by atoms with Crippen molar-refractivity contribution >= 4 is 11.6 Å². The third kappa shape index (κ3) is 4.44. The van der Waals surface area contributed by atoms with Crippen molar-refractivity contribution in [2.24, 2.45) is 0 Å². The van der Waals surface area contributed by atoms with Crippen molar-refractivity contribution in [3.8, 4) is 5.75 Å². The molecule has 0 amide bonds. The fourth-order valence-corrected chi connectivity index (χ4v) is 1.38. The van der Waals surface area contributed by atoms with Crippen LogP contribution in [0.1, 0.15) is 11.1 Å². The monoisotopic (exact) mass is 268 g/mol. The van der Waals surface area contributed by atoms with Crippen LogP contribution in [0.25, 0.3) is 0 Å². The van der Waals surface area contributed by atoms with Gasteiger partial charge in [0.15, 0.2) is 0 Å². The predicted molar refractivity (Wildman–Crippen MR) is 58.4 cm³/mol. The Labute approximate surface area is 102 Å². The minimum absolute atomic E-state index is 0.00452. The van der Waals surface area contributed by atoms with E-state index in [2.05, 4.69) is 0 Å². The first-order valence-electron chi connectivity index (χ1n) is 4.86. The summed E-state index contributed by atoms with van der Waals surface area (Å²) in [5.41, 5.74) is -0.392. The Balaban J connectivity index is 2.89. The largest absolute Gasteiger partial charge is 0.491 e. The molecule has 0 atom stereocenters. The van der Waals surface area contributed by atoms with Crippen molar-refractivity contribution in [1.82, 2.24) is 0 Å². The van der Waals surface area contributed by atoms with E-state index in [1.807, 2.05) is 0 Å². The van der Waals surface area contributed by atoms with Crippen LogP contribution in [0.4, 0.5) is 13.2 Å². The van der Waals surface area contributed by atoms with E-state index < -0.39 is 11.7 Å². The molecule has 0 aliphatic rings. The van der Waals surface area contributed by atoms with Gasteiger partial charge in [-0.25, -0.2) is 0 Å². The number of benzene rings is 1. The highest BCUT2D eigenvalue weighted by Gasteiger charge is 2.31. The third-order valence-corrected chi connectivity index (χ3v) is 2.31. The van der Waals surface area contributed by atoms with Gasteiger partial charge in [0.05, 0.1) is 12.2 Å². The van der Waals surface area contributed by atoms with Crippen LogP contribution in [0.5, 0.6) is 5.75 Å². The Kier molecular flexibility index (Phi) is 5.08. The van der Waals surface area contributed by atoms with Gasteiger partial charge in [0, 0.05) is 13.0 Å². The summed E-state index contributed by atoms with van der Waals surface area (Å²) >= 11 is 5.53. The lowest BCUT2D eigenvalue weighted by Gasteiger charge is -2.12. The van der Waals surface area contributed by atoms with Crippen LogP contribution in [0.3, 0.4) is 0 Å². The second-order valence-electron chi connectivity index (χ2n) is 3.34. The first kappa shape index (κ1) is 14.1. The summed E-state index contributed by atoms with van der Waals surface area (Å²) in [5.74, 6) is 0.150.